The fourth-order valence-electron chi connectivity index (χ4n) is 10.6. The zero-order valence-corrected chi connectivity index (χ0v) is 52.7. The van der Waals surface area contributed by atoms with E-state index in [2.05, 4.69) is 57.2 Å². The Morgan fingerprint density at radius 2 is 0.474 bits per heavy atom. The van der Waals surface area contributed by atoms with Crippen LogP contribution in [0.1, 0.15) is 387 Å². The van der Waals surface area contributed by atoms with Crippen LogP contribution in [0.25, 0.3) is 0 Å². The average Bonchev–Trinajstić information content (AvgIpc) is 3.44. The molecule has 0 aromatic heterocycles. The van der Waals surface area contributed by atoms with Gasteiger partial charge in [0.15, 0.2) is 6.10 Å². The Kier molecular flexibility index (Phi) is 65.1. The fraction of sp³-hybridized carbons (Fsp3) is 0.875. The van der Waals surface area contributed by atoms with Gasteiger partial charge in [-0.3, -0.25) is 14.4 Å². The molecule has 0 aromatic carbocycles. The summed E-state index contributed by atoms with van der Waals surface area (Å²) in [6.45, 7) is 6.65. The molecule has 0 amide bonds. The summed E-state index contributed by atoms with van der Waals surface area (Å²) < 4.78 is 17.0. The number of allylic oxidation sites excluding steroid dienone is 6. The zero-order valence-electron chi connectivity index (χ0n) is 52.7. The Labute approximate surface area is 486 Å². The molecule has 458 valence electrons. The molecule has 0 spiro atoms. The minimum atomic E-state index is -0.778. The van der Waals surface area contributed by atoms with E-state index in [0.717, 1.165) is 77.0 Å². The summed E-state index contributed by atoms with van der Waals surface area (Å²) in [5.41, 5.74) is 0. The highest BCUT2D eigenvalue weighted by Gasteiger charge is 2.19. The van der Waals surface area contributed by atoms with Crippen molar-refractivity contribution in [3.63, 3.8) is 0 Å². The van der Waals surface area contributed by atoms with E-state index in [1.165, 1.54) is 270 Å². The smallest absolute Gasteiger partial charge is 0.306 e. The lowest BCUT2D eigenvalue weighted by Gasteiger charge is -2.18. The second-order valence-corrected chi connectivity index (χ2v) is 23.8. The lowest BCUT2D eigenvalue weighted by atomic mass is 10.0. The lowest BCUT2D eigenvalue weighted by Crippen LogP contribution is -2.30. The Morgan fingerprint density at radius 1 is 0.256 bits per heavy atom. The van der Waals surface area contributed by atoms with Crippen molar-refractivity contribution in [2.45, 2.75) is 393 Å². The van der Waals surface area contributed by atoms with E-state index in [-0.39, 0.29) is 31.1 Å². The predicted octanol–water partition coefficient (Wildman–Crippen LogP) is 23.9. The lowest BCUT2D eigenvalue weighted by molar-refractivity contribution is -0.167. The van der Waals surface area contributed by atoms with Crippen molar-refractivity contribution in [2.75, 3.05) is 13.2 Å². The van der Waals surface area contributed by atoms with Gasteiger partial charge in [-0.05, 0) is 70.6 Å². The normalized spacial score (nSPS) is 12.2. The number of carbonyl (C=O) groups excluding carboxylic acids is 3. The molecule has 0 saturated carbocycles. The van der Waals surface area contributed by atoms with Crippen molar-refractivity contribution in [2.24, 2.45) is 0 Å². The molecule has 0 aromatic rings. The largest absolute Gasteiger partial charge is 0.462 e. The summed E-state index contributed by atoms with van der Waals surface area (Å²) in [5, 5.41) is 0. The van der Waals surface area contributed by atoms with Crippen molar-refractivity contribution in [1.29, 1.82) is 0 Å². The number of ether oxygens (including phenoxy) is 3. The molecule has 0 heterocycles. The molecule has 78 heavy (non-hydrogen) atoms. The molecule has 0 aliphatic rings. The molecule has 0 aliphatic carbocycles. The third-order valence-corrected chi connectivity index (χ3v) is 15.9. The summed E-state index contributed by atoms with van der Waals surface area (Å²) in [4.78, 5) is 38.4. The first kappa shape index (κ1) is 75.6. The highest BCUT2D eigenvalue weighted by Crippen LogP contribution is 2.18. The van der Waals surface area contributed by atoms with Gasteiger partial charge in [0.25, 0.3) is 0 Å². The summed E-state index contributed by atoms with van der Waals surface area (Å²) in [7, 11) is 0. The summed E-state index contributed by atoms with van der Waals surface area (Å²) in [6.07, 6.45) is 83.2. The Hall–Kier alpha value is -2.37. The molecule has 0 aliphatic heterocycles. The Bertz CT molecular complexity index is 1300. The highest BCUT2D eigenvalue weighted by atomic mass is 16.6. The van der Waals surface area contributed by atoms with E-state index in [4.69, 9.17) is 14.2 Å². The van der Waals surface area contributed by atoms with E-state index >= 15 is 0 Å². The Balaban J connectivity index is 4.22. The maximum Gasteiger partial charge on any atom is 0.306 e. The number of unbranched alkanes of at least 4 members (excludes halogenated alkanes) is 48. The van der Waals surface area contributed by atoms with Gasteiger partial charge < -0.3 is 14.2 Å². The number of rotatable bonds is 65. The Morgan fingerprint density at radius 3 is 0.756 bits per heavy atom. The van der Waals surface area contributed by atoms with E-state index in [1.54, 1.807) is 0 Å². The number of hydrogen-bond donors (Lipinski definition) is 0. The number of carbonyl (C=O) groups is 3. The first-order valence-electron chi connectivity index (χ1n) is 35.0. The van der Waals surface area contributed by atoms with Crippen molar-refractivity contribution >= 4 is 17.9 Å². The van der Waals surface area contributed by atoms with Gasteiger partial charge in [0.05, 0.1) is 0 Å². The van der Waals surface area contributed by atoms with Crippen LogP contribution in [0.3, 0.4) is 0 Å². The highest BCUT2D eigenvalue weighted by molar-refractivity contribution is 5.71. The first-order valence-corrected chi connectivity index (χ1v) is 35.0. The summed E-state index contributed by atoms with van der Waals surface area (Å²) in [6, 6.07) is 0. The monoisotopic (exact) mass is 1100 g/mol. The molecule has 0 bridgehead atoms. The predicted molar refractivity (Wildman–Crippen MR) is 339 cm³/mol. The van der Waals surface area contributed by atoms with Gasteiger partial charge in [-0.25, -0.2) is 0 Å². The zero-order chi connectivity index (χ0) is 56.4. The standard InChI is InChI=1S/C72H134O6/c1-4-7-10-13-16-19-22-25-28-30-32-33-34-35-36-37-38-39-41-42-44-47-50-53-56-59-62-65-71(74)77-68-69(67-76-70(73)64-61-58-55-52-49-46-27-24-21-18-15-12-9-6-3)78-72(75)66-63-60-57-54-51-48-45-43-40-31-29-26-23-20-17-14-11-8-5-2/h15,18,24,26-27,29,69H,4-14,16-17,19-23,25,28,30-68H2,1-3H3/b18-15-,27-24-,29-26-. The van der Waals surface area contributed by atoms with Crippen LogP contribution in [-0.2, 0) is 28.6 Å². The van der Waals surface area contributed by atoms with Gasteiger partial charge in [-0.15, -0.1) is 0 Å². The van der Waals surface area contributed by atoms with Crippen molar-refractivity contribution < 1.29 is 28.6 Å². The number of esters is 3. The van der Waals surface area contributed by atoms with Crippen LogP contribution >= 0.6 is 0 Å². The second-order valence-electron chi connectivity index (χ2n) is 23.8. The van der Waals surface area contributed by atoms with Gasteiger partial charge in [0.1, 0.15) is 13.2 Å². The van der Waals surface area contributed by atoms with E-state index in [9.17, 15) is 14.4 Å². The minimum absolute atomic E-state index is 0.0730. The van der Waals surface area contributed by atoms with Crippen LogP contribution in [0.2, 0.25) is 0 Å². The third-order valence-electron chi connectivity index (χ3n) is 15.9. The van der Waals surface area contributed by atoms with E-state index in [0.29, 0.717) is 19.3 Å². The third kappa shape index (κ3) is 64.5. The molecule has 1 unspecified atom stereocenters. The summed E-state index contributed by atoms with van der Waals surface area (Å²) in [5.74, 6) is -0.863. The van der Waals surface area contributed by atoms with Gasteiger partial charge >= 0.3 is 17.9 Å². The van der Waals surface area contributed by atoms with E-state index in [1.807, 2.05) is 0 Å². The van der Waals surface area contributed by atoms with Gasteiger partial charge in [-0.1, -0.05) is 333 Å². The molecule has 0 radical (unpaired) electrons. The maximum atomic E-state index is 12.9. The molecule has 0 rings (SSSR count). The maximum absolute atomic E-state index is 12.9. The van der Waals surface area contributed by atoms with Gasteiger partial charge in [0, 0.05) is 19.3 Å². The molecule has 0 N–H and O–H groups in total. The van der Waals surface area contributed by atoms with Crippen molar-refractivity contribution in [1.82, 2.24) is 0 Å². The molecular weight excluding hydrogens is 961 g/mol. The average molecular weight is 1100 g/mol. The topological polar surface area (TPSA) is 78.9 Å². The molecule has 0 fully saturated rings. The van der Waals surface area contributed by atoms with Gasteiger partial charge in [-0.2, -0.15) is 0 Å². The number of hydrogen-bond acceptors (Lipinski definition) is 6. The van der Waals surface area contributed by atoms with Crippen LogP contribution in [-0.4, -0.2) is 37.2 Å². The summed E-state index contributed by atoms with van der Waals surface area (Å²) >= 11 is 0. The van der Waals surface area contributed by atoms with Crippen LogP contribution in [0.4, 0.5) is 0 Å². The SMILES string of the molecule is CCCC/C=C\C/C=C\CCCCCCCC(=O)OCC(COC(=O)CCCCCCCCCCCCCCCCCCCCCCCCCCCCC)OC(=O)CCCCCCCCCCC/C=C\CCCCCCCC. The van der Waals surface area contributed by atoms with Crippen molar-refractivity contribution in [3.05, 3.63) is 36.5 Å². The van der Waals surface area contributed by atoms with Crippen LogP contribution in [0, 0.1) is 0 Å². The second kappa shape index (κ2) is 67.1. The minimum Gasteiger partial charge on any atom is -0.462 e. The molecular formula is C72H134O6. The van der Waals surface area contributed by atoms with Crippen LogP contribution < -0.4 is 0 Å². The van der Waals surface area contributed by atoms with Crippen LogP contribution in [0.15, 0.2) is 36.5 Å². The molecule has 6 heteroatoms. The van der Waals surface area contributed by atoms with Crippen molar-refractivity contribution in [3.8, 4) is 0 Å². The molecule has 6 nitrogen and oxygen atoms in total. The van der Waals surface area contributed by atoms with E-state index < -0.39 is 6.10 Å². The quantitative estimate of drug-likeness (QED) is 0.0261. The molecule has 1 atom stereocenters. The fourth-order valence-corrected chi connectivity index (χ4v) is 10.6. The van der Waals surface area contributed by atoms with Gasteiger partial charge in [0.2, 0.25) is 0 Å². The van der Waals surface area contributed by atoms with Crippen LogP contribution in [0.5, 0.6) is 0 Å². The molecule has 0 saturated heterocycles. The first-order chi connectivity index (χ1) is 38.5.